The van der Waals surface area contributed by atoms with Crippen LogP contribution in [0.25, 0.3) is 10.9 Å². The van der Waals surface area contributed by atoms with Gasteiger partial charge in [0.1, 0.15) is 5.69 Å². The summed E-state index contributed by atoms with van der Waals surface area (Å²) in [5.41, 5.74) is 2.65. The summed E-state index contributed by atoms with van der Waals surface area (Å²) in [4.78, 5) is 17.7. The molecule has 0 radical (unpaired) electrons. The maximum absolute atomic E-state index is 12.3. The van der Waals surface area contributed by atoms with E-state index in [-0.39, 0.29) is 12.5 Å². The molecule has 1 aromatic heterocycles. The third kappa shape index (κ3) is 4.16. The summed E-state index contributed by atoms with van der Waals surface area (Å²) in [6.07, 6.45) is 1.84. The topological polar surface area (TPSA) is 68.4 Å². The third-order valence-electron chi connectivity index (χ3n) is 4.87. The molecule has 1 unspecified atom stereocenters. The van der Waals surface area contributed by atoms with Crippen molar-refractivity contribution < 1.29 is 9.90 Å². The number of aliphatic hydroxyl groups excluding tert-OH is 1. The molecule has 3 rings (SSSR count). The van der Waals surface area contributed by atoms with Gasteiger partial charge in [-0.15, -0.1) is 0 Å². The Hall–Kier alpha value is -1.85. The molecule has 2 heterocycles. The smallest absolute Gasteiger partial charge is 0.267 e. The average Bonchev–Trinajstić information content (AvgIpc) is 2.98. The van der Waals surface area contributed by atoms with Crippen molar-refractivity contribution in [2.45, 2.75) is 32.8 Å². The number of hydrogen-bond acceptors (Lipinski definition) is 3. The summed E-state index contributed by atoms with van der Waals surface area (Å²) in [7, 11) is 0. The summed E-state index contributed by atoms with van der Waals surface area (Å²) in [6.45, 7) is 7.27. The number of carbonyl (C=O) groups excluding carboxylic acids is 1. The zero-order valence-corrected chi connectivity index (χ0v) is 14.5. The lowest BCUT2D eigenvalue weighted by molar-refractivity contribution is 0.0793. The van der Waals surface area contributed by atoms with Crippen molar-refractivity contribution in [2.24, 2.45) is 5.92 Å². The number of amides is 1. The van der Waals surface area contributed by atoms with E-state index in [0.29, 0.717) is 12.2 Å². The lowest BCUT2D eigenvalue weighted by Gasteiger charge is -2.31. The van der Waals surface area contributed by atoms with E-state index in [2.05, 4.69) is 22.1 Å². The van der Waals surface area contributed by atoms with Crippen LogP contribution in [0.3, 0.4) is 0 Å². The Bertz CT molecular complexity index is 702. The van der Waals surface area contributed by atoms with Gasteiger partial charge < -0.3 is 20.3 Å². The molecule has 0 spiro atoms. The number of aromatic amines is 1. The van der Waals surface area contributed by atoms with Crippen molar-refractivity contribution in [1.82, 2.24) is 15.2 Å². The summed E-state index contributed by atoms with van der Waals surface area (Å²) >= 11 is 0. The first-order valence-electron chi connectivity index (χ1n) is 8.79. The van der Waals surface area contributed by atoms with E-state index in [1.807, 2.05) is 31.2 Å². The minimum absolute atomic E-state index is 0.171. The van der Waals surface area contributed by atoms with Crippen LogP contribution < -0.4 is 5.32 Å². The number of β-amino-alcohol motifs (C(OH)–C–C–N with tert-alkyl or cyclic N) is 1. The molecule has 1 aliphatic heterocycles. The summed E-state index contributed by atoms with van der Waals surface area (Å²) in [5, 5.41) is 14.0. The summed E-state index contributed by atoms with van der Waals surface area (Å²) in [5.74, 6) is 0.610. The van der Waals surface area contributed by atoms with Crippen LogP contribution in [0.2, 0.25) is 0 Å². The van der Waals surface area contributed by atoms with Gasteiger partial charge >= 0.3 is 0 Å². The Kier molecular flexibility index (Phi) is 5.21. The zero-order valence-electron chi connectivity index (χ0n) is 14.5. The van der Waals surface area contributed by atoms with Crippen LogP contribution in [-0.4, -0.2) is 53.2 Å². The Balaban J connectivity index is 1.50. The van der Waals surface area contributed by atoms with Crippen molar-refractivity contribution >= 4 is 16.8 Å². The van der Waals surface area contributed by atoms with E-state index in [9.17, 15) is 9.90 Å². The van der Waals surface area contributed by atoms with Crippen molar-refractivity contribution in [1.29, 1.82) is 0 Å². The first-order valence-corrected chi connectivity index (χ1v) is 8.79. The fraction of sp³-hybridized carbons (Fsp3) is 0.526. The van der Waals surface area contributed by atoms with Crippen LogP contribution in [0.1, 0.15) is 35.8 Å². The zero-order chi connectivity index (χ0) is 17.1. The molecule has 130 valence electrons. The second-order valence-corrected chi connectivity index (χ2v) is 7.12. The number of rotatable bonds is 5. The highest BCUT2D eigenvalue weighted by Crippen LogP contribution is 2.17. The van der Waals surface area contributed by atoms with Crippen molar-refractivity contribution in [3.05, 3.63) is 35.5 Å². The third-order valence-corrected chi connectivity index (χ3v) is 4.87. The number of nitrogens with one attached hydrogen (secondary N) is 2. The molecule has 1 atom stereocenters. The Morgan fingerprint density at radius 2 is 2.12 bits per heavy atom. The van der Waals surface area contributed by atoms with E-state index in [0.717, 1.165) is 35.5 Å². The minimum atomic E-state index is -0.533. The van der Waals surface area contributed by atoms with E-state index in [1.54, 1.807) is 0 Å². The molecular formula is C19H27N3O2. The van der Waals surface area contributed by atoms with Crippen molar-refractivity contribution in [3.63, 3.8) is 0 Å². The van der Waals surface area contributed by atoms with E-state index in [4.69, 9.17) is 0 Å². The standard InChI is InChI=1S/C19H27N3O2/c1-13-5-7-22(8-6-13)12-16(23)11-20-19(24)18-10-15-4-3-14(2)9-17(15)21-18/h3-4,9-10,13,16,21,23H,5-8,11-12H2,1-2H3,(H,20,24). The molecule has 5 nitrogen and oxygen atoms in total. The Morgan fingerprint density at radius 1 is 1.38 bits per heavy atom. The number of piperidine rings is 1. The van der Waals surface area contributed by atoms with Gasteiger partial charge in [0.05, 0.1) is 6.10 Å². The lowest BCUT2D eigenvalue weighted by atomic mass is 9.99. The molecule has 0 aliphatic carbocycles. The quantitative estimate of drug-likeness (QED) is 0.788. The second kappa shape index (κ2) is 7.36. The minimum Gasteiger partial charge on any atom is -0.390 e. The highest BCUT2D eigenvalue weighted by molar-refractivity contribution is 5.98. The first-order chi connectivity index (χ1) is 11.5. The van der Waals surface area contributed by atoms with Crippen molar-refractivity contribution in [2.75, 3.05) is 26.2 Å². The predicted molar refractivity (Wildman–Crippen MR) is 96.2 cm³/mol. The highest BCUT2D eigenvalue weighted by Gasteiger charge is 2.19. The molecule has 1 saturated heterocycles. The fourth-order valence-corrected chi connectivity index (χ4v) is 3.28. The molecule has 1 aliphatic rings. The number of aliphatic hydroxyl groups is 1. The number of hydrogen-bond donors (Lipinski definition) is 3. The molecule has 0 bridgehead atoms. The molecule has 5 heteroatoms. The van der Waals surface area contributed by atoms with E-state index < -0.39 is 6.10 Å². The average molecular weight is 329 g/mol. The summed E-state index contributed by atoms with van der Waals surface area (Å²) in [6, 6.07) is 7.91. The Morgan fingerprint density at radius 3 is 2.88 bits per heavy atom. The number of nitrogens with zero attached hydrogens (tertiary/aromatic N) is 1. The molecule has 1 aromatic carbocycles. The molecule has 0 saturated carbocycles. The molecule has 3 N–H and O–H groups in total. The largest absolute Gasteiger partial charge is 0.390 e. The predicted octanol–water partition coefficient (Wildman–Crippen LogP) is 2.30. The van der Waals surface area contributed by atoms with Gasteiger partial charge in [-0.2, -0.15) is 0 Å². The van der Waals surface area contributed by atoms with Gasteiger partial charge in [-0.1, -0.05) is 19.1 Å². The van der Waals surface area contributed by atoms with Crippen LogP contribution in [-0.2, 0) is 0 Å². The van der Waals surface area contributed by atoms with Gasteiger partial charge in [0, 0.05) is 24.0 Å². The van der Waals surface area contributed by atoms with E-state index >= 15 is 0 Å². The van der Waals surface area contributed by atoms with Gasteiger partial charge in [0.15, 0.2) is 0 Å². The highest BCUT2D eigenvalue weighted by atomic mass is 16.3. The maximum atomic E-state index is 12.3. The van der Waals surface area contributed by atoms with Gasteiger partial charge in [-0.25, -0.2) is 0 Å². The van der Waals surface area contributed by atoms with Crippen molar-refractivity contribution in [3.8, 4) is 0 Å². The normalized spacial score (nSPS) is 18.0. The number of aryl methyl sites for hydroxylation is 1. The first kappa shape index (κ1) is 17.0. The lowest BCUT2D eigenvalue weighted by Crippen LogP contribution is -2.43. The SMILES string of the molecule is Cc1ccc2cc(C(=O)NCC(O)CN3CCC(C)CC3)[nH]c2c1. The maximum Gasteiger partial charge on any atom is 0.267 e. The van der Waals surface area contributed by atoms with Crippen LogP contribution >= 0.6 is 0 Å². The molecule has 2 aromatic rings. The number of H-pyrrole nitrogens is 1. The summed E-state index contributed by atoms with van der Waals surface area (Å²) < 4.78 is 0. The fourth-order valence-electron chi connectivity index (χ4n) is 3.28. The van der Waals surface area contributed by atoms with Crippen LogP contribution in [0.5, 0.6) is 0 Å². The Labute approximate surface area is 143 Å². The van der Waals surface area contributed by atoms with Gasteiger partial charge in [-0.3, -0.25) is 4.79 Å². The number of fused-ring (bicyclic) bond motifs is 1. The van der Waals surface area contributed by atoms with E-state index in [1.165, 1.54) is 12.8 Å². The van der Waals surface area contributed by atoms with Gasteiger partial charge in [0.25, 0.3) is 5.91 Å². The molecular weight excluding hydrogens is 302 g/mol. The molecule has 1 amide bonds. The monoisotopic (exact) mass is 329 g/mol. The van der Waals surface area contributed by atoms with Crippen LogP contribution in [0.4, 0.5) is 0 Å². The second-order valence-electron chi connectivity index (χ2n) is 7.12. The van der Waals surface area contributed by atoms with Gasteiger partial charge in [0.2, 0.25) is 0 Å². The van der Waals surface area contributed by atoms with Gasteiger partial charge in [-0.05, 0) is 56.5 Å². The number of benzene rings is 1. The number of carbonyl (C=O) groups is 1. The molecule has 1 fully saturated rings. The van der Waals surface area contributed by atoms with Crippen LogP contribution in [0, 0.1) is 12.8 Å². The number of likely N-dealkylation sites (tertiary alicyclic amines) is 1. The molecule has 24 heavy (non-hydrogen) atoms. The number of aromatic nitrogens is 1. The van der Waals surface area contributed by atoms with Crippen LogP contribution in [0.15, 0.2) is 24.3 Å².